The van der Waals surface area contributed by atoms with Gasteiger partial charge < -0.3 is 10.2 Å². The molecule has 0 aliphatic carbocycles. The van der Waals surface area contributed by atoms with E-state index in [0.717, 1.165) is 6.54 Å². The molecule has 2 rings (SSSR count). The summed E-state index contributed by atoms with van der Waals surface area (Å²) in [6.45, 7) is 5.60. The number of likely N-dealkylation sites (N-methyl/N-ethyl adjacent to an activating group) is 1. The van der Waals surface area contributed by atoms with Crippen LogP contribution in [0.2, 0.25) is 0 Å². The lowest BCUT2D eigenvalue weighted by atomic mass is 10.1. The molecule has 15 heavy (non-hydrogen) atoms. The molecule has 1 unspecified atom stereocenters. The molecule has 0 amide bonds. The molecular formula is C13H20N2. The van der Waals surface area contributed by atoms with Gasteiger partial charge in [0.05, 0.1) is 0 Å². The van der Waals surface area contributed by atoms with Crippen molar-refractivity contribution in [1.82, 2.24) is 10.2 Å². The molecule has 0 radical (unpaired) electrons. The average molecular weight is 204 g/mol. The Morgan fingerprint density at radius 3 is 2.87 bits per heavy atom. The third-order valence-corrected chi connectivity index (χ3v) is 3.23. The molecule has 2 heteroatoms. The first-order valence-electron chi connectivity index (χ1n) is 5.72. The predicted octanol–water partition coefficient (Wildman–Crippen LogP) is 1.79. The summed E-state index contributed by atoms with van der Waals surface area (Å²) in [4.78, 5) is 2.38. The lowest BCUT2D eigenvalue weighted by Gasteiger charge is -2.13. The zero-order chi connectivity index (χ0) is 10.7. The molecular weight excluding hydrogens is 184 g/mol. The Morgan fingerprint density at radius 2 is 2.20 bits per heavy atom. The van der Waals surface area contributed by atoms with Crippen molar-refractivity contribution in [2.45, 2.75) is 25.9 Å². The standard InChI is InChI=1S/C13H20N2/c1-11-5-3-4-6-12(11)9-14-13-7-8-15(2)10-13/h3-6,13-14H,7-10H2,1-2H3. The Bertz CT molecular complexity index is 322. The Balaban J connectivity index is 1.86. The highest BCUT2D eigenvalue weighted by Gasteiger charge is 2.18. The van der Waals surface area contributed by atoms with E-state index in [1.807, 2.05) is 0 Å². The highest BCUT2D eigenvalue weighted by molar-refractivity contribution is 5.25. The molecule has 1 aromatic rings. The average Bonchev–Trinajstić information content (AvgIpc) is 2.63. The van der Waals surface area contributed by atoms with Gasteiger partial charge in [0, 0.05) is 19.1 Å². The molecule has 1 saturated heterocycles. The van der Waals surface area contributed by atoms with E-state index in [1.54, 1.807) is 0 Å². The number of nitrogens with zero attached hydrogens (tertiary/aromatic N) is 1. The van der Waals surface area contributed by atoms with Crippen LogP contribution in [0.1, 0.15) is 17.5 Å². The van der Waals surface area contributed by atoms with E-state index in [4.69, 9.17) is 0 Å². The van der Waals surface area contributed by atoms with Crippen LogP contribution < -0.4 is 5.32 Å². The van der Waals surface area contributed by atoms with Crippen molar-refractivity contribution in [1.29, 1.82) is 0 Å². The van der Waals surface area contributed by atoms with E-state index in [0.29, 0.717) is 6.04 Å². The van der Waals surface area contributed by atoms with E-state index >= 15 is 0 Å². The first kappa shape index (κ1) is 10.7. The van der Waals surface area contributed by atoms with Crippen LogP contribution in [0.25, 0.3) is 0 Å². The minimum atomic E-state index is 0.676. The fourth-order valence-corrected chi connectivity index (χ4v) is 2.16. The van der Waals surface area contributed by atoms with Crippen LogP contribution in [0, 0.1) is 6.92 Å². The number of nitrogens with one attached hydrogen (secondary N) is 1. The number of benzene rings is 1. The maximum atomic E-state index is 3.63. The van der Waals surface area contributed by atoms with Crippen molar-refractivity contribution in [2.75, 3.05) is 20.1 Å². The molecule has 1 aliphatic heterocycles. The second kappa shape index (κ2) is 4.77. The van der Waals surface area contributed by atoms with Gasteiger partial charge >= 0.3 is 0 Å². The quantitative estimate of drug-likeness (QED) is 0.807. The monoisotopic (exact) mass is 204 g/mol. The van der Waals surface area contributed by atoms with Crippen molar-refractivity contribution in [3.8, 4) is 0 Å². The zero-order valence-electron chi connectivity index (χ0n) is 9.66. The molecule has 1 aliphatic rings. The number of aryl methyl sites for hydroxylation is 1. The summed E-state index contributed by atoms with van der Waals surface area (Å²) >= 11 is 0. The Kier molecular flexibility index (Phi) is 3.39. The van der Waals surface area contributed by atoms with E-state index in [9.17, 15) is 0 Å². The molecule has 0 bridgehead atoms. The molecule has 0 spiro atoms. The van der Waals surface area contributed by atoms with Crippen LogP contribution in [-0.4, -0.2) is 31.1 Å². The van der Waals surface area contributed by atoms with Crippen molar-refractivity contribution in [2.24, 2.45) is 0 Å². The predicted molar refractivity (Wildman–Crippen MR) is 63.9 cm³/mol. The van der Waals surface area contributed by atoms with E-state index < -0.39 is 0 Å². The maximum Gasteiger partial charge on any atom is 0.0211 e. The number of likely N-dealkylation sites (tertiary alicyclic amines) is 1. The topological polar surface area (TPSA) is 15.3 Å². The zero-order valence-corrected chi connectivity index (χ0v) is 9.66. The van der Waals surface area contributed by atoms with E-state index in [1.165, 1.54) is 30.6 Å². The van der Waals surface area contributed by atoms with Gasteiger partial charge in [-0.15, -0.1) is 0 Å². The van der Waals surface area contributed by atoms with Crippen LogP contribution in [0.3, 0.4) is 0 Å². The summed E-state index contributed by atoms with van der Waals surface area (Å²) in [5, 5.41) is 3.63. The smallest absolute Gasteiger partial charge is 0.0211 e. The summed E-state index contributed by atoms with van der Waals surface area (Å²) in [5.74, 6) is 0. The molecule has 0 saturated carbocycles. The molecule has 0 aromatic heterocycles. The van der Waals surface area contributed by atoms with Gasteiger partial charge in [0.25, 0.3) is 0 Å². The number of hydrogen-bond acceptors (Lipinski definition) is 2. The molecule has 1 heterocycles. The van der Waals surface area contributed by atoms with Gasteiger partial charge in [-0.2, -0.15) is 0 Å². The third kappa shape index (κ3) is 2.80. The summed E-state index contributed by atoms with van der Waals surface area (Å²) in [5.41, 5.74) is 2.81. The summed E-state index contributed by atoms with van der Waals surface area (Å²) in [6, 6.07) is 9.28. The van der Waals surface area contributed by atoms with E-state index in [-0.39, 0.29) is 0 Å². The van der Waals surface area contributed by atoms with Gasteiger partial charge in [0.1, 0.15) is 0 Å². The maximum absolute atomic E-state index is 3.63. The fraction of sp³-hybridized carbons (Fsp3) is 0.538. The number of hydrogen-bond donors (Lipinski definition) is 1. The first-order chi connectivity index (χ1) is 7.25. The van der Waals surface area contributed by atoms with Crippen LogP contribution in [0.5, 0.6) is 0 Å². The largest absolute Gasteiger partial charge is 0.309 e. The summed E-state index contributed by atoms with van der Waals surface area (Å²) in [7, 11) is 2.19. The van der Waals surface area contributed by atoms with Crippen molar-refractivity contribution in [3.63, 3.8) is 0 Å². The van der Waals surface area contributed by atoms with Gasteiger partial charge in [-0.3, -0.25) is 0 Å². The Labute approximate surface area is 92.3 Å². The minimum Gasteiger partial charge on any atom is -0.309 e. The number of rotatable bonds is 3. The van der Waals surface area contributed by atoms with Crippen LogP contribution in [0.4, 0.5) is 0 Å². The Hall–Kier alpha value is -0.860. The lowest BCUT2D eigenvalue weighted by molar-refractivity contribution is 0.397. The van der Waals surface area contributed by atoms with Gasteiger partial charge in [-0.25, -0.2) is 0 Å². The highest BCUT2D eigenvalue weighted by Crippen LogP contribution is 2.10. The molecule has 1 aromatic carbocycles. The SMILES string of the molecule is Cc1ccccc1CNC1CCN(C)C1. The molecule has 1 atom stereocenters. The summed E-state index contributed by atoms with van der Waals surface area (Å²) in [6.07, 6.45) is 1.28. The van der Waals surface area contributed by atoms with Crippen LogP contribution in [0.15, 0.2) is 24.3 Å². The van der Waals surface area contributed by atoms with Crippen molar-refractivity contribution >= 4 is 0 Å². The van der Waals surface area contributed by atoms with Gasteiger partial charge in [0.2, 0.25) is 0 Å². The molecule has 1 fully saturated rings. The fourth-order valence-electron chi connectivity index (χ4n) is 2.16. The van der Waals surface area contributed by atoms with Crippen LogP contribution >= 0.6 is 0 Å². The summed E-state index contributed by atoms with van der Waals surface area (Å²) < 4.78 is 0. The van der Waals surface area contributed by atoms with Crippen molar-refractivity contribution < 1.29 is 0 Å². The third-order valence-electron chi connectivity index (χ3n) is 3.23. The van der Waals surface area contributed by atoms with Gasteiger partial charge in [0.15, 0.2) is 0 Å². The van der Waals surface area contributed by atoms with E-state index in [2.05, 4.69) is 48.5 Å². The lowest BCUT2D eigenvalue weighted by Crippen LogP contribution is -2.31. The molecule has 1 N–H and O–H groups in total. The normalized spacial score (nSPS) is 22.1. The Morgan fingerprint density at radius 1 is 1.40 bits per heavy atom. The van der Waals surface area contributed by atoms with Crippen molar-refractivity contribution in [3.05, 3.63) is 35.4 Å². The second-order valence-electron chi connectivity index (χ2n) is 4.56. The minimum absolute atomic E-state index is 0.676. The second-order valence-corrected chi connectivity index (χ2v) is 4.56. The highest BCUT2D eigenvalue weighted by atomic mass is 15.2. The van der Waals surface area contributed by atoms with Gasteiger partial charge in [-0.1, -0.05) is 24.3 Å². The van der Waals surface area contributed by atoms with Crippen LogP contribution in [-0.2, 0) is 6.54 Å². The molecule has 82 valence electrons. The van der Waals surface area contributed by atoms with Gasteiger partial charge in [-0.05, 0) is 38.1 Å². The molecule has 2 nitrogen and oxygen atoms in total. The first-order valence-corrected chi connectivity index (χ1v) is 5.72.